The zero-order valence-corrected chi connectivity index (χ0v) is 8.51. The third-order valence-corrected chi connectivity index (χ3v) is 2.25. The molecule has 14 heavy (non-hydrogen) atoms. The number of fused-ring (bicyclic) bond motifs is 1. The van der Waals surface area contributed by atoms with Gasteiger partial charge in [0.15, 0.2) is 5.65 Å². The second-order valence-corrected chi connectivity index (χ2v) is 3.54. The molecule has 0 saturated heterocycles. The second kappa shape index (κ2) is 3.46. The largest absolute Gasteiger partial charge is 0.327 e. The third kappa shape index (κ3) is 1.42. The molecule has 0 fully saturated rings. The summed E-state index contributed by atoms with van der Waals surface area (Å²) in [5.41, 5.74) is 1.23. The van der Waals surface area contributed by atoms with Crippen LogP contribution in [0.25, 0.3) is 11.2 Å². The second-order valence-electron chi connectivity index (χ2n) is 3.10. The number of rotatable bonds is 2. The van der Waals surface area contributed by atoms with Gasteiger partial charge in [0.25, 0.3) is 0 Å². The van der Waals surface area contributed by atoms with Gasteiger partial charge in [0, 0.05) is 12.7 Å². The minimum absolute atomic E-state index is 0.128. The topological polar surface area (TPSA) is 50.7 Å². The molecule has 0 amide bonds. The molecule has 2 aromatic rings. The molecule has 0 unspecified atom stereocenters. The lowest BCUT2D eigenvalue weighted by molar-refractivity contribution is 0.674. The number of pyridine rings is 1. The van der Waals surface area contributed by atoms with Crippen molar-refractivity contribution in [2.45, 2.75) is 19.9 Å². The van der Waals surface area contributed by atoms with Gasteiger partial charge < -0.3 is 0 Å². The van der Waals surface area contributed by atoms with Crippen molar-refractivity contribution in [3.8, 4) is 0 Å². The number of nitrogens with zero attached hydrogens (tertiary/aromatic N) is 2. The van der Waals surface area contributed by atoms with Crippen molar-refractivity contribution < 1.29 is 0 Å². The number of imidazole rings is 1. The van der Waals surface area contributed by atoms with Gasteiger partial charge in [-0.25, -0.2) is 9.78 Å². The molecule has 0 spiro atoms. The maximum absolute atomic E-state index is 11.5. The molecule has 4 nitrogen and oxygen atoms in total. The summed E-state index contributed by atoms with van der Waals surface area (Å²) in [5.74, 6) is 0. The number of hydrogen-bond acceptors (Lipinski definition) is 2. The highest BCUT2D eigenvalue weighted by molar-refractivity contribution is 6.31. The molecule has 74 valence electrons. The van der Waals surface area contributed by atoms with E-state index in [0.29, 0.717) is 17.2 Å². The molecule has 0 aliphatic carbocycles. The van der Waals surface area contributed by atoms with E-state index in [4.69, 9.17) is 11.6 Å². The molecule has 0 saturated carbocycles. The van der Waals surface area contributed by atoms with Gasteiger partial charge in [0.2, 0.25) is 0 Å². The van der Waals surface area contributed by atoms with Crippen LogP contribution in [-0.4, -0.2) is 14.5 Å². The van der Waals surface area contributed by atoms with Crippen LogP contribution in [0.15, 0.2) is 17.1 Å². The molecule has 5 heteroatoms. The van der Waals surface area contributed by atoms with Gasteiger partial charge in [-0.05, 0) is 12.5 Å². The summed E-state index contributed by atoms with van der Waals surface area (Å²) >= 11 is 5.81. The van der Waals surface area contributed by atoms with Crippen molar-refractivity contribution in [1.82, 2.24) is 14.5 Å². The first kappa shape index (κ1) is 9.27. The van der Waals surface area contributed by atoms with Gasteiger partial charge in [0.05, 0.1) is 10.5 Å². The van der Waals surface area contributed by atoms with Crippen LogP contribution in [0.2, 0.25) is 5.02 Å². The Labute approximate surface area is 85.5 Å². The Morgan fingerprint density at radius 3 is 3.14 bits per heavy atom. The fraction of sp³-hybridized carbons (Fsp3) is 0.333. The molecule has 0 aliphatic rings. The summed E-state index contributed by atoms with van der Waals surface area (Å²) in [7, 11) is 0. The smallest absolute Gasteiger partial charge is 0.290 e. The van der Waals surface area contributed by atoms with E-state index in [1.807, 2.05) is 6.92 Å². The highest BCUT2D eigenvalue weighted by Crippen LogP contribution is 2.13. The minimum Gasteiger partial charge on any atom is -0.290 e. The summed E-state index contributed by atoms with van der Waals surface area (Å²) < 4.78 is 1.65. The van der Waals surface area contributed by atoms with Crippen molar-refractivity contribution in [1.29, 1.82) is 0 Å². The van der Waals surface area contributed by atoms with Crippen molar-refractivity contribution in [3.05, 3.63) is 27.8 Å². The molecular weight excluding hydrogens is 202 g/mol. The summed E-state index contributed by atoms with van der Waals surface area (Å²) in [4.78, 5) is 18.2. The predicted molar refractivity (Wildman–Crippen MR) is 55.7 cm³/mol. The van der Waals surface area contributed by atoms with Crippen molar-refractivity contribution in [2.75, 3.05) is 0 Å². The van der Waals surface area contributed by atoms with Crippen LogP contribution in [0, 0.1) is 0 Å². The maximum Gasteiger partial charge on any atom is 0.327 e. The third-order valence-electron chi connectivity index (χ3n) is 2.04. The van der Waals surface area contributed by atoms with E-state index in [9.17, 15) is 4.79 Å². The first-order valence-corrected chi connectivity index (χ1v) is 4.84. The van der Waals surface area contributed by atoms with Crippen molar-refractivity contribution >= 4 is 22.8 Å². The molecule has 0 atom stereocenters. The zero-order chi connectivity index (χ0) is 10.1. The van der Waals surface area contributed by atoms with Gasteiger partial charge >= 0.3 is 5.69 Å². The van der Waals surface area contributed by atoms with Crippen LogP contribution >= 0.6 is 11.6 Å². The van der Waals surface area contributed by atoms with E-state index in [2.05, 4.69) is 9.97 Å². The van der Waals surface area contributed by atoms with Crippen LogP contribution in [-0.2, 0) is 6.54 Å². The van der Waals surface area contributed by atoms with E-state index >= 15 is 0 Å². The molecule has 0 radical (unpaired) electrons. The summed E-state index contributed by atoms with van der Waals surface area (Å²) in [6, 6.07) is 1.75. The molecular formula is C9H10ClN3O. The van der Waals surface area contributed by atoms with Crippen molar-refractivity contribution in [2.24, 2.45) is 0 Å². The van der Waals surface area contributed by atoms with Crippen LogP contribution in [0.5, 0.6) is 0 Å². The number of halogens is 1. The van der Waals surface area contributed by atoms with E-state index < -0.39 is 0 Å². The first-order chi connectivity index (χ1) is 6.72. The van der Waals surface area contributed by atoms with Crippen molar-refractivity contribution in [3.63, 3.8) is 0 Å². The number of aromatic amines is 1. The Balaban J connectivity index is 2.73. The predicted octanol–water partition coefficient (Wildman–Crippen LogP) is 1.79. The van der Waals surface area contributed by atoms with Crippen LogP contribution in [0.1, 0.15) is 13.3 Å². The fourth-order valence-electron chi connectivity index (χ4n) is 1.45. The summed E-state index contributed by atoms with van der Waals surface area (Å²) in [6.07, 6.45) is 2.43. The molecule has 0 aromatic carbocycles. The summed E-state index contributed by atoms with van der Waals surface area (Å²) in [6.45, 7) is 2.70. The van der Waals surface area contributed by atoms with Gasteiger partial charge in [-0.2, -0.15) is 0 Å². The van der Waals surface area contributed by atoms with E-state index in [0.717, 1.165) is 11.9 Å². The number of hydrogen-bond donors (Lipinski definition) is 1. The quantitative estimate of drug-likeness (QED) is 0.824. The molecule has 2 rings (SSSR count). The van der Waals surface area contributed by atoms with Crippen LogP contribution < -0.4 is 5.69 Å². The highest BCUT2D eigenvalue weighted by Gasteiger charge is 2.06. The van der Waals surface area contributed by atoms with Gasteiger partial charge in [-0.15, -0.1) is 0 Å². The Hall–Kier alpha value is -1.29. The molecule has 2 heterocycles. The van der Waals surface area contributed by atoms with E-state index in [1.165, 1.54) is 6.20 Å². The molecule has 0 aliphatic heterocycles. The molecule has 0 bridgehead atoms. The Kier molecular flexibility index (Phi) is 2.29. The lowest BCUT2D eigenvalue weighted by Gasteiger charge is -1.99. The number of H-pyrrole nitrogens is 1. The monoisotopic (exact) mass is 211 g/mol. The number of nitrogens with one attached hydrogen (secondary N) is 1. The lowest BCUT2D eigenvalue weighted by Crippen LogP contribution is -2.16. The van der Waals surface area contributed by atoms with E-state index in [1.54, 1.807) is 10.6 Å². The number of aryl methyl sites for hydroxylation is 1. The van der Waals surface area contributed by atoms with Crippen LogP contribution in [0.4, 0.5) is 0 Å². The van der Waals surface area contributed by atoms with Gasteiger partial charge in [-0.1, -0.05) is 18.5 Å². The SMILES string of the molecule is CCCn1c(=O)[nH]c2ncc(Cl)cc21. The maximum atomic E-state index is 11.5. The Morgan fingerprint density at radius 2 is 2.43 bits per heavy atom. The normalized spacial score (nSPS) is 11.0. The molecule has 1 N–H and O–H groups in total. The standard InChI is InChI=1S/C9H10ClN3O/c1-2-3-13-7-4-6(10)5-11-8(7)12-9(13)14/h4-5H,2-3H2,1H3,(H,11,12,14). The minimum atomic E-state index is -0.128. The van der Waals surface area contributed by atoms with Crippen LogP contribution in [0.3, 0.4) is 0 Å². The zero-order valence-electron chi connectivity index (χ0n) is 7.75. The highest BCUT2D eigenvalue weighted by atomic mass is 35.5. The van der Waals surface area contributed by atoms with E-state index in [-0.39, 0.29) is 5.69 Å². The fourth-order valence-corrected chi connectivity index (χ4v) is 1.61. The van der Waals surface area contributed by atoms with Gasteiger partial charge in [-0.3, -0.25) is 9.55 Å². The summed E-state index contributed by atoms with van der Waals surface area (Å²) in [5, 5.41) is 0.543. The first-order valence-electron chi connectivity index (χ1n) is 4.46. The Morgan fingerprint density at radius 1 is 1.64 bits per heavy atom. The molecule has 2 aromatic heterocycles. The number of aromatic nitrogens is 3. The lowest BCUT2D eigenvalue weighted by atomic mass is 10.4. The average Bonchev–Trinajstić information content (AvgIpc) is 2.45. The van der Waals surface area contributed by atoms with Gasteiger partial charge in [0.1, 0.15) is 0 Å². The Bertz CT molecular complexity index is 514. The average molecular weight is 212 g/mol.